The lowest BCUT2D eigenvalue weighted by atomic mass is 10.3. The van der Waals surface area contributed by atoms with Crippen molar-refractivity contribution in [3.8, 4) is 11.5 Å². The molecule has 0 aromatic heterocycles. The number of nitrogens with one attached hydrogen (secondary N) is 1. The van der Waals surface area contributed by atoms with E-state index in [2.05, 4.69) is 5.32 Å². The number of benzene rings is 2. The van der Waals surface area contributed by atoms with Crippen molar-refractivity contribution in [3.63, 3.8) is 0 Å². The van der Waals surface area contributed by atoms with E-state index in [1.54, 1.807) is 18.2 Å². The molecule has 2 aromatic carbocycles. The average Bonchev–Trinajstić information content (AvgIpc) is 2.94. The van der Waals surface area contributed by atoms with Crippen LogP contribution >= 0.6 is 11.8 Å². The fourth-order valence-corrected chi connectivity index (χ4v) is 2.63. The highest BCUT2D eigenvalue weighted by molar-refractivity contribution is 8.00. The fraction of sp³-hybridized carbons (Fsp3) is 0.133. The Bertz CT molecular complexity index is 724. The van der Waals surface area contributed by atoms with E-state index >= 15 is 0 Å². The van der Waals surface area contributed by atoms with Crippen LogP contribution in [0.3, 0.4) is 0 Å². The van der Waals surface area contributed by atoms with Crippen LogP contribution in [0.4, 0.5) is 14.5 Å². The van der Waals surface area contributed by atoms with Gasteiger partial charge < -0.3 is 14.8 Å². The first-order valence-corrected chi connectivity index (χ1v) is 7.38. The molecule has 1 N–H and O–H groups in total. The second-order valence-electron chi connectivity index (χ2n) is 4.48. The van der Waals surface area contributed by atoms with Crippen molar-refractivity contribution in [2.24, 2.45) is 0 Å². The van der Waals surface area contributed by atoms with E-state index in [1.165, 1.54) is 6.07 Å². The molecule has 1 heterocycles. The van der Waals surface area contributed by atoms with Gasteiger partial charge in [-0.15, -0.1) is 11.8 Å². The van der Waals surface area contributed by atoms with Gasteiger partial charge >= 0.3 is 0 Å². The molecule has 4 nitrogen and oxygen atoms in total. The number of carbonyl (C=O) groups is 1. The Morgan fingerprint density at radius 1 is 1.14 bits per heavy atom. The molecule has 1 amide bonds. The van der Waals surface area contributed by atoms with E-state index in [1.807, 2.05) is 0 Å². The van der Waals surface area contributed by atoms with Gasteiger partial charge in [-0.25, -0.2) is 8.78 Å². The van der Waals surface area contributed by atoms with Crippen LogP contribution in [0.25, 0.3) is 0 Å². The Hall–Kier alpha value is -2.28. The van der Waals surface area contributed by atoms with E-state index in [0.717, 1.165) is 23.9 Å². The van der Waals surface area contributed by atoms with Gasteiger partial charge in [-0.2, -0.15) is 0 Å². The van der Waals surface area contributed by atoms with Crippen LogP contribution in [0.15, 0.2) is 41.3 Å². The van der Waals surface area contributed by atoms with Crippen molar-refractivity contribution in [1.29, 1.82) is 0 Å². The number of fused-ring (bicyclic) bond motifs is 1. The molecule has 2 aromatic rings. The molecule has 1 aliphatic rings. The maximum absolute atomic E-state index is 13.5. The predicted molar refractivity (Wildman–Crippen MR) is 78.3 cm³/mol. The highest BCUT2D eigenvalue weighted by Crippen LogP contribution is 2.34. The maximum atomic E-state index is 13.5. The molecule has 0 fully saturated rings. The zero-order valence-corrected chi connectivity index (χ0v) is 12.1. The molecular weight excluding hydrogens is 312 g/mol. The average molecular weight is 323 g/mol. The topological polar surface area (TPSA) is 47.6 Å². The molecule has 22 heavy (non-hydrogen) atoms. The minimum absolute atomic E-state index is 0.0109. The van der Waals surface area contributed by atoms with Crippen LogP contribution in [0.1, 0.15) is 0 Å². The molecule has 0 unspecified atom stereocenters. The van der Waals surface area contributed by atoms with Crippen LogP contribution in [0, 0.1) is 11.6 Å². The monoisotopic (exact) mass is 323 g/mol. The van der Waals surface area contributed by atoms with Crippen molar-refractivity contribution in [2.45, 2.75) is 4.90 Å². The Kier molecular flexibility index (Phi) is 4.15. The Labute approximate surface area is 129 Å². The number of hydrogen-bond donors (Lipinski definition) is 1. The highest BCUT2D eigenvalue weighted by Gasteiger charge is 2.14. The molecule has 7 heteroatoms. The van der Waals surface area contributed by atoms with E-state index < -0.39 is 11.6 Å². The lowest BCUT2D eigenvalue weighted by Gasteiger charge is -2.06. The molecule has 0 spiro atoms. The zero-order valence-electron chi connectivity index (χ0n) is 11.3. The molecular formula is C15H11F2NO3S. The summed E-state index contributed by atoms with van der Waals surface area (Å²) >= 11 is 0.999. The van der Waals surface area contributed by atoms with E-state index in [0.29, 0.717) is 17.2 Å². The number of thioether (sulfide) groups is 1. The molecule has 0 radical (unpaired) electrons. The maximum Gasteiger partial charge on any atom is 0.234 e. The van der Waals surface area contributed by atoms with Gasteiger partial charge in [-0.3, -0.25) is 4.79 Å². The van der Waals surface area contributed by atoms with Crippen molar-refractivity contribution >= 4 is 23.4 Å². The standard InChI is InChI=1S/C15H11F2NO3S/c16-9-1-4-14(11(17)5-9)22-7-15(19)18-10-2-3-12-13(6-10)21-8-20-12/h1-6H,7-8H2,(H,18,19). The molecule has 0 bridgehead atoms. The number of anilines is 1. The van der Waals surface area contributed by atoms with Gasteiger partial charge in [0.25, 0.3) is 0 Å². The number of ether oxygens (including phenoxy) is 2. The van der Waals surface area contributed by atoms with E-state index in [-0.39, 0.29) is 23.3 Å². The van der Waals surface area contributed by atoms with Gasteiger partial charge in [0.05, 0.1) is 5.75 Å². The molecule has 0 saturated heterocycles. The predicted octanol–water partition coefficient (Wildman–Crippen LogP) is 3.42. The van der Waals surface area contributed by atoms with Crippen LogP contribution in [0.2, 0.25) is 0 Å². The fourth-order valence-electron chi connectivity index (χ4n) is 1.91. The lowest BCUT2D eigenvalue weighted by Crippen LogP contribution is -2.14. The van der Waals surface area contributed by atoms with Gasteiger partial charge in [0, 0.05) is 22.7 Å². The number of carbonyl (C=O) groups excluding carboxylic acids is 1. The molecule has 3 rings (SSSR count). The minimum Gasteiger partial charge on any atom is -0.454 e. The molecule has 0 atom stereocenters. The third-order valence-electron chi connectivity index (χ3n) is 2.91. The van der Waals surface area contributed by atoms with Gasteiger partial charge in [0.15, 0.2) is 11.5 Å². The first kappa shape index (κ1) is 14.6. The van der Waals surface area contributed by atoms with Gasteiger partial charge in [0.2, 0.25) is 12.7 Å². The summed E-state index contributed by atoms with van der Waals surface area (Å²) in [5.74, 6) is -0.423. The smallest absolute Gasteiger partial charge is 0.234 e. The molecule has 0 saturated carbocycles. The molecule has 114 valence electrons. The minimum atomic E-state index is -0.680. The lowest BCUT2D eigenvalue weighted by molar-refractivity contribution is -0.113. The third kappa shape index (κ3) is 3.30. The van der Waals surface area contributed by atoms with E-state index in [9.17, 15) is 13.6 Å². The zero-order chi connectivity index (χ0) is 15.5. The number of rotatable bonds is 4. The summed E-state index contributed by atoms with van der Waals surface area (Å²) in [6, 6.07) is 8.30. The van der Waals surface area contributed by atoms with Gasteiger partial charge in [-0.1, -0.05) is 0 Å². The first-order chi connectivity index (χ1) is 10.6. The largest absolute Gasteiger partial charge is 0.454 e. The second kappa shape index (κ2) is 6.23. The molecule has 1 aliphatic heterocycles. The van der Waals surface area contributed by atoms with Crippen LogP contribution < -0.4 is 14.8 Å². The van der Waals surface area contributed by atoms with Crippen molar-refractivity contribution in [1.82, 2.24) is 0 Å². The number of hydrogen-bond acceptors (Lipinski definition) is 4. The van der Waals surface area contributed by atoms with Gasteiger partial charge in [0.1, 0.15) is 11.6 Å². The number of amides is 1. The van der Waals surface area contributed by atoms with Crippen molar-refractivity contribution in [2.75, 3.05) is 17.9 Å². The third-order valence-corrected chi connectivity index (χ3v) is 3.96. The summed E-state index contributed by atoms with van der Waals surface area (Å²) in [4.78, 5) is 12.1. The Morgan fingerprint density at radius 3 is 2.77 bits per heavy atom. The normalized spacial score (nSPS) is 12.3. The van der Waals surface area contributed by atoms with Crippen LogP contribution in [0.5, 0.6) is 11.5 Å². The molecule has 0 aliphatic carbocycles. The summed E-state index contributed by atoms with van der Waals surface area (Å²) < 4.78 is 36.6. The van der Waals surface area contributed by atoms with Crippen molar-refractivity contribution in [3.05, 3.63) is 48.0 Å². The Morgan fingerprint density at radius 2 is 1.95 bits per heavy atom. The number of halogens is 2. The van der Waals surface area contributed by atoms with Crippen LogP contribution in [-0.4, -0.2) is 18.5 Å². The quantitative estimate of drug-likeness (QED) is 0.876. The van der Waals surface area contributed by atoms with Gasteiger partial charge in [-0.05, 0) is 24.3 Å². The summed E-state index contributed by atoms with van der Waals surface area (Å²) in [6.07, 6.45) is 0. The van der Waals surface area contributed by atoms with Crippen LogP contribution in [-0.2, 0) is 4.79 Å². The summed E-state index contributed by atoms with van der Waals surface area (Å²) in [5, 5.41) is 2.68. The summed E-state index contributed by atoms with van der Waals surface area (Å²) in [5.41, 5.74) is 0.564. The SMILES string of the molecule is O=C(CSc1ccc(F)cc1F)Nc1ccc2c(c1)OCO2. The first-order valence-electron chi connectivity index (χ1n) is 6.39. The van der Waals surface area contributed by atoms with Crippen molar-refractivity contribution < 1.29 is 23.0 Å². The summed E-state index contributed by atoms with van der Waals surface area (Å²) in [7, 11) is 0. The summed E-state index contributed by atoms with van der Waals surface area (Å²) in [6.45, 7) is 0.159. The highest BCUT2D eigenvalue weighted by atomic mass is 32.2. The van der Waals surface area contributed by atoms with E-state index in [4.69, 9.17) is 9.47 Å². The second-order valence-corrected chi connectivity index (χ2v) is 5.50. The Balaban J connectivity index is 1.58.